The Morgan fingerprint density at radius 2 is 2.10 bits per heavy atom. The molecular formula is C15H19FN2S2. The summed E-state index contributed by atoms with van der Waals surface area (Å²) >= 11 is 3.24. The first-order valence-corrected chi connectivity index (χ1v) is 8.60. The Kier molecular flexibility index (Phi) is 6.01. The average Bonchev–Trinajstić information content (AvgIpc) is 2.86. The third-order valence-electron chi connectivity index (χ3n) is 2.88. The van der Waals surface area contributed by atoms with E-state index in [-0.39, 0.29) is 5.82 Å². The van der Waals surface area contributed by atoms with Gasteiger partial charge in [-0.1, -0.05) is 26.0 Å². The van der Waals surface area contributed by atoms with Crippen molar-refractivity contribution < 1.29 is 4.39 Å². The molecular weight excluding hydrogens is 291 g/mol. The number of nitrogens with zero attached hydrogens (tertiary/aromatic N) is 1. The van der Waals surface area contributed by atoms with E-state index in [1.165, 1.54) is 28.4 Å². The van der Waals surface area contributed by atoms with Gasteiger partial charge in [0.05, 0.1) is 11.4 Å². The molecule has 0 unspecified atom stereocenters. The number of hydrogen-bond donors (Lipinski definition) is 1. The zero-order valence-electron chi connectivity index (χ0n) is 11.8. The van der Waals surface area contributed by atoms with Gasteiger partial charge in [0.2, 0.25) is 0 Å². The summed E-state index contributed by atoms with van der Waals surface area (Å²) in [6, 6.07) is 6.89. The van der Waals surface area contributed by atoms with Crippen molar-refractivity contribution in [1.82, 2.24) is 10.3 Å². The predicted octanol–water partition coefficient (Wildman–Crippen LogP) is 4.25. The maximum Gasteiger partial charge on any atom is 0.136 e. The molecule has 0 radical (unpaired) electrons. The quantitative estimate of drug-likeness (QED) is 0.774. The molecule has 0 aliphatic carbocycles. The first-order valence-electron chi connectivity index (χ1n) is 6.80. The molecule has 0 spiro atoms. The van der Waals surface area contributed by atoms with Crippen LogP contribution in [0.3, 0.4) is 0 Å². The predicted molar refractivity (Wildman–Crippen MR) is 84.8 cm³/mol. The van der Waals surface area contributed by atoms with Crippen molar-refractivity contribution in [3.8, 4) is 0 Å². The molecule has 20 heavy (non-hydrogen) atoms. The molecule has 2 rings (SSSR count). The van der Waals surface area contributed by atoms with E-state index in [2.05, 4.69) is 24.1 Å². The van der Waals surface area contributed by atoms with Crippen LogP contribution < -0.4 is 5.32 Å². The van der Waals surface area contributed by atoms with Gasteiger partial charge in [-0.15, -0.1) is 23.1 Å². The smallest absolute Gasteiger partial charge is 0.136 e. The van der Waals surface area contributed by atoms with E-state index in [1.54, 1.807) is 17.4 Å². The van der Waals surface area contributed by atoms with Crippen molar-refractivity contribution in [3.05, 3.63) is 45.7 Å². The third-order valence-corrected chi connectivity index (χ3v) is 5.22. The molecule has 2 nitrogen and oxygen atoms in total. The number of aromatic nitrogens is 1. The van der Waals surface area contributed by atoms with Gasteiger partial charge in [-0.25, -0.2) is 9.37 Å². The van der Waals surface area contributed by atoms with Crippen molar-refractivity contribution in [2.75, 3.05) is 6.54 Å². The fraction of sp³-hybridized carbons (Fsp3) is 0.400. The maximum absolute atomic E-state index is 13.6. The summed E-state index contributed by atoms with van der Waals surface area (Å²) in [6.45, 7) is 6.06. The lowest BCUT2D eigenvalue weighted by atomic mass is 10.3. The number of aryl methyl sites for hydroxylation is 1. The highest BCUT2D eigenvalue weighted by atomic mass is 32.2. The van der Waals surface area contributed by atoms with Crippen LogP contribution in [0.4, 0.5) is 4.39 Å². The van der Waals surface area contributed by atoms with Gasteiger partial charge in [0, 0.05) is 16.3 Å². The molecule has 0 aliphatic heterocycles. The van der Waals surface area contributed by atoms with Gasteiger partial charge in [-0.2, -0.15) is 0 Å². The molecule has 0 saturated carbocycles. The van der Waals surface area contributed by atoms with Crippen molar-refractivity contribution in [1.29, 1.82) is 0 Å². The molecule has 0 bridgehead atoms. The summed E-state index contributed by atoms with van der Waals surface area (Å²) in [4.78, 5) is 6.65. The molecule has 1 aromatic carbocycles. The average molecular weight is 310 g/mol. The molecule has 1 heterocycles. The monoisotopic (exact) mass is 310 g/mol. The van der Waals surface area contributed by atoms with Crippen LogP contribution in [0.5, 0.6) is 0 Å². The number of nitrogens with one attached hydrogen (secondary N) is 1. The first kappa shape index (κ1) is 15.5. The highest BCUT2D eigenvalue weighted by Crippen LogP contribution is 2.28. The van der Waals surface area contributed by atoms with E-state index >= 15 is 0 Å². The minimum absolute atomic E-state index is 0.155. The van der Waals surface area contributed by atoms with E-state index < -0.39 is 0 Å². The van der Waals surface area contributed by atoms with E-state index in [4.69, 9.17) is 0 Å². The second-order valence-electron chi connectivity index (χ2n) is 4.33. The van der Waals surface area contributed by atoms with E-state index in [9.17, 15) is 4.39 Å². The van der Waals surface area contributed by atoms with Gasteiger partial charge in [0.1, 0.15) is 10.8 Å². The number of thiazole rings is 1. The summed E-state index contributed by atoms with van der Waals surface area (Å²) < 4.78 is 13.6. The highest BCUT2D eigenvalue weighted by Gasteiger charge is 2.10. The van der Waals surface area contributed by atoms with Gasteiger partial charge < -0.3 is 5.32 Å². The second-order valence-corrected chi connectivity index (χ2v) is 6.52. The SMILES string of the molecule is CCNCc1sc(CSc2ccccc2F)nc1CC. The van der Waals surface area contributed by atoms with Crippen molar-refractivity contribution >= 4 is 23.1 Å². The normalized spacial score (nSPS) is 10.9. The maximum atomic E-state index is 13.6. The van der Waals surface area contributed by atoms with Gasteiger partial charge in [-0.3, -0.25) is 0 Å². The summed E-state index contributed by atoms with van der Waals surface area (Å²) in [7, 11) is 0. The topological polar surface area (TPSA) is 24.9 Å². The van der Waals surface area contributed by atoms with Crippen LogP contribution in [0.1, 0.15) is 29.4 Å². The second kappa shape index (κ2) is 7.76. The van der Waals surface area contributed by atoms with Gasteiger partial charge in [0.25, 0.3) is 0 Å². The van der Waals surface area contributed by atoms with Crippen LogP contribution in [0, 0.1) is 5.82 Å². The molecule has 1 aromatic heterocycles. The number of thioether (sulfide) groups is 1. The fourth-order valence-electron chi connectivity index (χ4n) is 1.85. The molecule has 1 N–H and O–H groups in total. The number of rotatable bonds is 7. The fourth-order valence-corrected chi connectivity index (χ4v) is 3.91. The van der Waals surface area contributed by atoms with E-state index in [0.717, 1.165) is 30.3 Å². The Balaban J connectivity index is 2.02. The highest BCUT2D eigenvalue weighted by molar-refractivity contribution is 7.98. The van der Waals surface area contributed by atoms with Crippen LogP contribution in [0.15, 0.2) is 29.2 Å². The summed E-state index contributed by atoms with van der Waals surface area (Å²) in [5.41, 5.74) is 1.17. The molecule has 108 valence electrons. The summed E-state index contributed by atoms with van der Waals surface area (Å²) in [6.07, 6.45) is 0.946. The summed E-state index contributed by atoms with van der Waals surface area (Å²) in [5, 5.41) is 4.41. The Morgan fingerprint density at radius 3 is 2.80 bits per heavy atom. The molecule has 0 aliphatic rings. The third kappa shape index (κ3) is 4.04. The molecule has 0 saturated heterocycles. The molecule has 0 atom stereocenters. The zero-order chi connectivity index (χ0) is 14.4. The van der Waals surface area contributed by atoms with Crippen molar-refractivity contribution in [2.45, 2.75) is 37.5 Å². The lowest BCUT2D eigenvalue weighted by Gasteiger charge is -2.00. The molecule has 0 fully saturated rings. The van der Waals surface area contributed by atoms with Crippen molar-refractivity contribution in [2.24, 2.45) is 0 Å². The van der Waals surface area contributed by atoms with E-state index in [1.807, 2.05) is 12.1 Å². The lowest BCUT2D eigenvalue weighted by molar-refractivity contribution is 0.602. The van der Waals surface area contributed by atoms with Crippen LogP contribution in [0.25, 0.3) is 0 Å². The summed E-state index contributed by atoms with van der Waals surface area (Å²) in [5.74, 6) is 0.572. The minimum Gasteiger partial charge on any atom is -0.312 e. The van der Waals surface area contributed by atoms with Crippen LogP contribution in [-0.4, -0.2) is 11.5 Å². The van der Waals surface area contributed by atoms with Crippen LogP contribution in [0.2, 0.25) is 0 Å². The van der Waals surface area contributed by atoms with Gasteiger partial charge in [-0.05, 0) is 25.1 Å². The number of halogens is 1. The standard InChI is InChI=1S/C15H19FN2S2/c1-3-12-14(9-17-4-2)20-15(18-12)10-19-13-8-6-5-7-11(13)16/h5-8,17H,3-4,9-10H2,1-2H3. The number of benzene rings is 1. The lowest BCUT2D eigenvalue weighted by Crippen LogP contribution is -2.11. The molecule has 2 aromatic rings. The first-order chi connectivity index (χ1) is 9.74. The van der Waals surface area contributed by atoms with Crippen LogP contribution in [-0.2, 0) is 18.7 Å². The molecule has 0 amide bonds. The zero-order valence-corrected chi connectivity index (χ0v) is 13.4. The Labute approximate surface area is 127 Å². The largest absolute Gasteiger partial charge is 0.312 e. The van der Waals surface area contributed by atoms with Crippen molar-refractivity contribution in [3.63, 3.8) is 0 Å². The minimum atomic E-state index is -0.155. The van der Waals surface area contributed by atoms with Gasteiger partial charge >= 0.3 is 0 Å². The number of hydrogen-bond acceptors (Lipinski definition) is 4. The molecule has 5 heteroatoms. The van der Waals surface area contributed by atoms with E-state index in [0.29, 0.717) is 4.90 Å². The van der Waals surface area contributed by atoms with Crippen LogP contribution >= 0.6 is 23.1 Å². The Bertz CT molecular complexity index is 555. The Morgan fingerprint density at radius 1 is 1.30 bits per heavy atom. The van der Waals surface area contributed by atoms with Gasteiger partial charge in [0.15, 0.2) is 0 Å². The Hall–Kier alpha value is -0.910.